The van der Waals surface area contributed by atoms with E-state index in [0.29, 0.717) is 6.07 Å². The summed E-state index contributed by atoms with van der Waals surface area (Å²) in [5.74, 6) is -4.05. The van der Waals surface area contributed by atoms with E-state index in [4.69, 9.17) is 27.9 Å². The fourth-order valence-corrected chi connectivity index (χ4v) is 2.91. The normalized spacial score (nSPS) is 11.0. The Balaban J connectivity index is 2.48. The van der Waals surface area contributed by atoms with Crippen LogP contribution < -0.4 is 5.43 Å². The highest BCUT2D eigenvalue weighted by molar-refractivity contribution is 6.32. The minimum absolute atomic E-state index is 0.0325. The Morgan fingerprint density at radius 3 is 2.52 bits per heavy atom. The number of carbonyl (C=O) groups is 1. The van der Waals surface area contributed by atoms with Crippen molar-refractivity contribution in [3.05, 3.63) is 67.8 Å². The molecule has 5 nitrogen and oxygen atoms in total. The molecule has 140 valence electrons. The second-order valence-electron chi connectivity index (χ2n) is 5.31. The smallest absolute Gasteiger partial charge is 0.343 e. The predicted molar refractivity (Wildman–Crippen MR) is 93.2 cm³/mol. The quantitative estimate of drug-likeness (QED) is 0.472. The van der Waals surface area contributed by atoms with E-state index in [1.807, 2.05) is 0 Å². The largest absolute Gasteiger partial charge is 0.462 e. The SMILES string of the molecule is CCOC(=O)c1cn(-c2c(F)cc(F)cc2Cl)c2nc(Cl)c(F)cc2c1=O. The van der Waals surface area contributed by atoms with Crippen LogP contribution in [0.15, 0.2) is 29.2 Å². The number of carbonyl (C=O) groups excluding carboxylic acids is 1. The number of esters is 1. The molecule has 10 heteroatoms. The van der Waals surface area contributed by atoms with Gasteiger partial charge in [-0.15, -0.1) is 0 Å². The maximum absolute atomic E-state index is 14.4. The van der Waals surface area contributed by atoms with Gasteiger partial charge in [0.05, 0.1) is 17.0 Å². The summed E-state index contributed by atoms with van der Waals surface area (Å²) in [4.78, 5) is 28.4. The van der Waals surface area contributed by atoms with Crippen LogP contribution in [0, 0.1) is 17.5 Å². The summed E-state index contributed by atoms with van der Waals surface area (Å²) in [6.45, 7) is 1.49. The molecule has 0 bridgehead atoms. The summed E-state index contributed by atoms with van der Waals surface area (Å²) in [5.41, 5.74) is -2.07. The third-order valence-electron chi connectivity index (χ3n) is 3.61. The Labute approximate surface area is 159 Å². The molecular weight excluding hydrogens is 408 g/mol. The van der Waals surface area contributed by atoms with Crippen LogP contribution in [-0.4, -0.2) is 22.1 Å². The average molecular weight is 417 g/mol. The van der Waals surface area contributed by atoms with Gasteiger partial charge in [-0.25, -0.2) is 22.9 Å². The Bertz CT molecular complexity index is 1130. The predicted octanol–water partition coefficient (Wildman–Crippen LogP) is 4.29. The van der Waals surface area contributed by atoms with E-state index in [1.54, 1.807) is 0 Å². The fourth-order valence-electron chi connectivity index (χ4n) is 2.49. The highest BCUT2D eigenvalue weighted by Gasteiger charge is 2.22. The van der Waals surface area contributed by atoms with Crippen molar-refractivity contribution in [2.45, 2.75) is 6.92 Å². The van der Waals surface area contributed by atoms with Crippen molar-refractivity contribution in [1.82, 2.24) is 9.55 Å². The molecule has 0 saturated carbocycles. The van der Waals surface area contributed by atoms with Crippen molar-refractivity contribution in [2.24, 2.45) is 0 Å². The number of benzene rings is 1. The van der Waals surface area contributed by atoms with Crippen LogP contribution >= 0.6 is 23.2 Å². The Kier molecular flexibility index (Phi) is 5.12. The zero-order chi connectivity index (χ0) is 19.9. The van der Waals surface area contributed by atoms with Crippen LogP contribution in [0.3, 0.4) is 0 Å². The molecule has 2 aromatic heterocycles. The summed E-state index contributed by atoms with van der Waals surface area (Å²) in [5, 5.41) is -1.31. The number of rotatable bonds is 3. The second kappa shape index (κ2) is 7.21. The molecule has 0 fully saturated rings. The highest BCUT2D eigenvalue weighted by atomic mass is 35.5. The number of hydrogen-bond donors (Lipinski definition) is 0. The molecule has 0 radical (unpaired) electrons. The van der Waals surface area contributed by atoms with Gasteiger partial charge in [-0.3, -0.25) is 9.36 Å². The van der Waals surface area contributed by atoms with Crippen molar-refractivity contribution >= 4 is 40.2 Å². The zero-order valence-electron chi connectivity index (χ0n) is 13.5. The Morgan fingerprint density at radius 2 is 1.89 bits per heavy atom. The molecule has 3 aromatic rings. The first-order valence-electron chi connectivity index (χ1n) is 7.48. The minimum Gasteiger partial charge on any atom is -0.462 e. The average Bonchev–Trinajstić information content (AvgIpc) is 2.58. The van der Waals surface area contributed by atoms with E-state index in [-0.39, 0.29) is 22.7 Å². The molecule has 0 aliphatic heterocycles. The van der Waals surface area contributed by atoms with Gasteiger partial charge in [0.2, 0.25) is 5.43 Å². The van der Waals surface area contributed by atoms with Crippen LogP contribution in [0.5, 0.6) is 0 Å². The molecule has 0 saturated heterocycles. The number of halogens is 5. The van der Waals surface area contributed by atoms with E-state index in [2.05, 4.69) is 4.98 Å². The molecule has 0 spiro atoms. The van der Waals surface area contributed by atoms with Crippen LogP contribution in [0.25, 0.3) is 16.7 Å². The van der Waals surface area contributed by atoms with Crippen molar-refractivity contribution in [3.8, 4) is 5.69 Å². The van der Waals surface area contributed by atoms with E-state index >= 15 is 0 Å². The lowest BCUT2D eigenvalue weighted by Gasteiger charge is -2.15. The number of nitrogens with zero attached hydrogens (tertiary/aromatic N) is 2. The third kappa shape index (κ3) is 3.38. The van der Waals surface area contributed by atoms with E-state index < -0.39 is 45.3 Å². The maximum atomic E-state index is 14.4. The van der Waals surface area contributed by atoms with Gasteiger partial charge in [0.15, 0.2) is 22.4 Å². The monoisotopic (exact) mass is 416 g/mol. The van der Waals surface area contributed by atoms with Crippen LogP contribution in [0.1, 0.15) is 17.3 Å². The van der Waals surface area contributed by atoms with Gasteiger partial charge in [0, 0.05) is 12.3 Å². The van der Waals surface area contributed by atoms with Crippen molar-refractivity contribution in [1.29, 1.82) is 0 Å². The first-order chi connectivity index (χ1) is 12.7. The molecule has 0 N–H and O–H groups in total. The van der Waals surface area contributed by atoms with E-state index in [0.717, 1.165) is 22.9 Å². The van der Waals surface area contributed by atoms with Gasteiger partial charge in [-0.2, -0.15) is 0 Å². The summed E-state index contributed by atoms with van der Waals surface area (Å²) in [7, 11) is 0. The lowest BCUT2D eigenvalue weighted by atomic mass is 10.1. The van der Waals surface area contributed by atoms with Crippen LogP contribution in [0.4, 0.5) is 13.2 Å². The van der Waals surface area contributed by atoms with Gasteiger partial charge in [-0.05, 0) is 19.1 Å². The fraction of sp³-hybridized carbons (Fsp3) is 0.118. The summed E-state index contributed by atoms with van der Waals surface area (Å²) in [6.07, 6.45) is 0.937. The Morgan fingerprint density at radius 1 is 1.19 bits per heavy atom. The molecule has 0 atom stereocenters. The standard InChI is InChI=1S/C17H9Cl2F3N2O3/c1-2-27-17(26)9-6-24(13-10(18)3-7(20)4-11(13)21)16-8(14(9)25)5-12(22)15(19)23-16/h3-6H,2H2,1H3. The first kappa shape index (κ1) is 19.2. The number of ether oxygens (including phenoxy) is 1. The summed E-state index contributed by atoms with van der Waals surface area (Å²) < 4.78 is 47.4. The molecule has 1 aromatic carbocycles. The van der Waals surface area contributed by atoms with Gasteiger partial charge >= 0.3 is 5.97 Å². The molecule has 3 rings (SSSR count). The van der Waals surface area contributed by atoms with Crippen molar-refractivity contribution in [3.63, 3.8) is 0 Å². The van der Waals surface area contributed by atoms with Gasteiger partial charge in [0.1, 0.15) is 17.1 Å². The second-order valence-corrected chi connectivity index (χ2v) is 6.08. The number of aromatic nitrogens is 2. The van der Waals surface area contributed by atoms with Gasteiger partial charge in [-0.1, -0.05) is 23.2 Å². The highest BCUT2D eigenvalue weighted by Crippen LogP contribution is 2.28. The molecule has 27 heavy (non-hydrogen) atoms. The zero-order valence-corrected chi connectivity index (χ0v) is 15.0. The third-order valence-corrected chi connectivity index (χ3v) is 4.16. The Hall–Kier alpha value is -2.58. The van der Waals surface area contributed by atoms with E-state index in [1.165, 1.54) is 6.92 Å². The van der Waals surface area contributed by atoms with Crippen LogP contribution in [0.2, 0.25) is 10.2 Å². The minimum atomic E-state index is -1.10. The summed E-state index contributed by atoms with van der Waals surface area (Å²) in [6, 6.07) is 2.15. The molecular formula is C17H9Cl2F3N2O3. The number of hydrogen-bond acceptors (Lipinski definition) is 4. The molecule has 0 amide bonds. The maximum Gasteiger partial charge on any atom is 0.343 e. The lowest BCUT2D eigenvalue weighted by Crippen LogP contribution is -2.21. The van der Waals surface area contributed by atoms with Gasteiger partial charge < -0.3 is 4.74 Å². The van der Waals surface area contributed by atoms with Gasteiger partial charge in [0.25, 0.3) is 0 Å². The number of fused-ring (bicyclic) bond motifs is 1. The topological polar surface area (TPSA) is 61.2 Å². The van der Waals surface area contributed by atoms with E-state index in [9.17, 15) is 22.8 Å². The molecule has 0 aliphatic carbocycles. The molecule has 0 unspecified atom stereocenters. The molecule has 2 heterocycles. The number of pyridine rings is 2. The van der Waals surface area contributed by atoms with Crippen molar-refractivity contribution in [2.75, 3.05) is 6.61 Å². The first-order valence-corrected chi connectivity index (χ1v) is 8.23. The summed E-state index contributed by atoms with van der Waals surface area (Å²) >= 11 is 11.6. The van der Waals surface area contributed by atoms with Crippen LogP contribution in [-0.2, 0) is 4.74 Å². The van der Waals surface area contributed by atoms with Crippen molar-refractivity contribution < 1.29 is 22.7 Å². The molecule has 0 aliphatic rings. The lowest BCUT2D eigenvalue weighted by molar-refractivity contribution is 0.0524.